The van der Waals surface area contributed by atoms with Crippen molar-refractivity contribution in [3.63, 3.8) is 0 Å². The van der Waals surface area contributed by atoms with E-state index in [4.69, 9.17) is 9.37 Å². The van der Waals surface area contributed by atoms with Gasteiger partial charge in [0.1, 0.15) is 5.75 Å². The van der Waals surface area contributed by atoms with Gasteiger partial charge in [-0.1, -0.05) is 17.7 Å². The van der Waals surface area contributed by atoms with Gasteiger partial charge in [-0.25, -0.2) is 4.63 Å². The van der Waals surface area contributed by atoms with Crippen molar-refractivity contribution in [2.75, 3.05) is 12.4 Å². The Balaban J connectivity index is 1.84. The molecule has 2 aromatic carbocycles. The minimum absolute atomic E-state index is 0.265. The predicted molar refractivity (Wildman–Crippen MR) is 85.4 cm³/mol. The van der Waals surface area contributed by atoms with Crippen molar-refractivity contribution in [3.05, 3.63) is 59.7 Å². The quantitative estimate of drug-likeness (QED) is 0.800. The number of hydrogen-bond acceptors (Lipinski definition) is 5. The monoisotopic (exact) mass is 309 g/mol. The summed E-state index contributed by atoms with van der Waals surface area (Å²) in [5.74, 6) is 0.747. The maximum Gasteiger partial charge on any atom is 0.256 e. The lowest BCUT2D eigenvalue weighted by atomic mass is 10.1. The van der Waals surface area contributed by atoms with E-state index in [-0.39, 0.29) is 11.7 Å². The fourth-order valence-electron chi connectivity index (χ4n) is 2.17. The van der Waals surface area contributed by atoms with E-state index in [1.54, 1.807) is 31.4 Å². The number of hydrogen-bond donors (Lipinski definition) is 1. The molecular formula is C17H15N3O3. The Labute approximate surface area is 133 Å². The number of amides is 1. The molecule has 0 bridgehead atoms. The van der Waals surface area contributed by atoms with Crippen LogP contribution in [0.3, 0.4) is 0 Å². The molecule has 0 aliphatic heterocycles. The summed E-state index contributed by atoms with van der Waals surface area (Å²) in [5, 5.41) is 10.4. The number of ether oxygens (including phenoxy) is 1. The summed E-state index contributed by atoms with van der Waals surface area (Å²) in [5.41, 5.74) is 2.79. The maximum atomic E-state index is 12.3. The third kappa shape index (κ3) is 3.21. The molecule has 3 rings (SSSR count). The first-order valence-electron chi connectivity index (χ1n) is 7.02. The molecule has 1 aromatic heterocycles. The zero-order valence-electron chi connectivity index (χ0n) is 12.7. The van der Waals surface area contributed by atoms with Gasteiger partial charge in [-0.3, -0.25) is 4.79 Å². The van der Waals surface area contributed by atoms with E-state index in [0.29, 0.717) is 11.3 Å². The normalized spacial score (nSPS) is 10.3. The standard InChI is InChI=1S/C17H15N3O3/c1-11-4-3-5-13(10-11)17(21)18-16-15(19-23-20-16)12-6-8-14(22-2)9-7-12/h3-10H,1-2H3,(H,18,20,21). The van der Waals surface area contributed by atoms with E-state index in [0.717, 1.165) is 16.9 Å². The third-order valence-corrected chi connectivity index (χ3v) is 3.36. The highest BCUT2D eigenvalue weighted by Gasteiger charge is 2.16. The molecule has 3 aromatic rings. The van der Waals surface area contributed by atoms with Crippen LogP contribution in [0, 0.1) is 6.92 Å². The van der Waals surface area contributed by atoms with Crippen molar-refractivity contribution in [2.45, 2.75) is 6.92 Å². The van der Waals surface area contributed by atoms with Crippen LogP contribution in [0.5, 0.6) is 5.75 Å². The molecule has 0 fully saturated rings. The Hall–Kier alpha value is -3.15. The van der Waals surface area contributed by atoms with Crippen LogP contribution in [-0.4, -0.2) is 23.3 Å². The predicted octanol–water partition coefficient (Wildman–Crippen LogP) is 3.31. The molecule has 1 N–H and O–H groups in total. The highest BCUT2D eigenvalue weighted by Crippen LogP contribution is 2.26. The molecule has 0 saturated carbocycles. The van der Waals surface area contributed by atoms with Crippen molar-refractivity contribution in [3.8, 4) is 17.0 Å². The van der Waals surface area contributed by atoms with E-state index in [1.807, 2.05) is 31.2 Å². The molecule has 0 saturated heterocycles. The number of methoxy groups -OCH3 is 1. The van der Waals surface area contributed by atoms with Crippen molar-refractivity contribution < 1.29 is 14.2 Å². The average Bonchev–Trinajstić information content (AvgIpc) is 3.03. The first-order valence-corrected chi connectivity index (χ1v) is 7.02. The van der Waals surface area contributed by atoms with Crippen LogP contribution < -0.4 is 10.1 Å². The van der Waals surface area contributed by atoms with Crippen LogP contribution in [0.2, 0.25) is 0 Å². The number of carbonyl (C=O) groups excluding carboxylic acids is 1. The van der Waals surface area contributed by atoms with Crippen LogP contribution in [0.25, 0.3) is 11.3 Å². The number of carbonyl (C=O) groups is 1. The lowest BCUT2D eigenvalue weighted by Gasteiger charge is -2.05. The Bertz CT molecular complexity index is 825. The summed E-state index contributed by atoms with van der Waals surface area (Å²) in [4.78, 5) is 12.3. The number of nitrogens with one attached hydrogen (secondary N) is 1. The van der Waals surface area contributed by atoms with Crippen molar-refractivity contribution in [1.29, 1.82) is 0 Å². The highest BCUT2D eigenvalue weighted by atomic mass is 16.6. The van der Waals surface area contributed by atoms with Gasteiger partial charge in [0, 0.05) is 11.1 Å². The van der Waals surface area contributed by atoms with E-state index in [2.05, 4.69) is 15.6 Å². The molecule has 0 aliphatic rings. The lowest BCUT2D eigenvalue weighted by Crippen LogP contribution is -2.12. The molecule has 6 nitrogen and oxygen atoms in total. The van der Waals surface area contributed by atoms with Gasteiger partial charge in [-0.05, 0) is 53.6 Å². The Morgan fingerprint density at radius 3 is 2.61 bits per heavy atom. The number of rotatable bonds is 4. The molecule has 23 heavy (non-hydrogen) atoms. The summed E-state index contributed by atoms with van der Waals surface area (Å²) < 4.78 is 9.89. The second kappa shape index (κ2) is 6.31. The molecule has 0 spiro atoms. The van der Waals surface area contributed by atoms with Gasteiger partial charge < -0.3 is 10.1 Å². The summed E-state index contributed by atoms with van der Waals surface area (Å²) in [7, 11) is 1.60. The zero-order chi connectivity index (χ0) is 16.2. The minimum atomic E-state index is -0.265. The van der Waals surface area contributed by atoms with Gasteiger partial charge in [0.2, 0.25) is 5.82 Å². The SMILES string of the molecule is COc1ccc(-c2nonc2NC(=O)c2cccc(C)c2)cc1. The molecule has 1 amide bonds. The van der Waals surface area contributed by atoms with Crippen molar-refractivity contribution >= 4 is 11.7 Å². The van der Waals surface area contributed by atoms with Gasteiger partial charge >= 0.3 is 0 Å². The molecule has 0 aliphatic carbocycles. The van der Waals surface area contributed by atoms with E-state index in [9.17, 15) is 4.79 Å². The number of aromatic nitrogens is 2. The molecule has 0 radical (unpaired) electrons. The summed E-state index contributed by atoms with van der Waals surface area (Å²) in [6, 6.07) is 14.5. The fraction of sp³-hybridized carbons (Fsp3) is 0.118. The van der Waals surface area contributed by atoms with Crippen LogP contribution in [-0.2, 0) is 0 Å². The third-order valence-electron chi connectivity index (χ3n) is 3.36. The van der Waals surface area contributed by atoms with Crippen LogP contribution >= 0.6 is 0 Å². The molecule has 116 valence electrons. The Morgan fingerprint density at radius 2 is 1.91 bits per heavy atom. The second-order valence-corrected chi connectivity index (χ2v) is 5.01. The average molecular weight is 309 g/mol. The van der Waals surface area contributed by atoms with Crippen LogP contribution in [0.1, 0.15) is 15.9 Å². The summed E-state index contributed by atoms with van der Waals surface area (Å²) in [6.07, 6.45) is 0. The molecule has 1 heterocycles. The fourth-order valence-corrected chi connectivity index (χ4v) is 2.17. The smallest absolute Gasteiger partial charge is 0.256 e. The topological polar surface area (TPSA) is 77.2 Å². The second-order valence-electron chi connectivity index (χ2n) is 5.01. The minimum Gasteiger partial charge on any atom is -0.497 e. The summed E-state index contributed by atoms with van der Waals surface area (Å²) in [6.45, 7) is 1.93. The van der Waals surface area contributed by atoms with Gasteiger partial charge in [0.15, 0.2) is 5.69 Å². The van der Waals surface area contributed by atoms with Gasteiger partial charge in [0.05, 0.1) is 7.11 Å². The number of nitrogens with zero attached hydrogens (tertiary/aromatic N) is 2. The van der Waals surface area contributed by atoms with Crippen molar-refractivity contribution in [2.24, 2.45) is 0 Å². The number of aryl methyl sites for hydroxylation is 1. The highest BCUT2D eigenvalue weighted by molar-refractivity contribution is 6.05. The van der Waals surface area contributed by atoms with Gasteiger partial charge in [-0.2, -0.15) is 0 Å². The Kier molecular flexibility index (Phi) is 4.05. The number of anilines is 1. The molecular weight excluding hydrogens is 294 g/mol. The lowest BCUT2D eigenvalue weighted by molar-refractivity contribution is 0.102. The maximum absolute atomic E-state index is 12.3. The van der Waals surface area contributed by atoms with Crippen molar-refractivity contribution in [1.82, 2.24) is 10.3 Å². The van der Waals surface area contributed by atoms with Crippen LogP contribution in [0.4, 0.5) is 5.82 Å². The number of benzene rings is 2. The largest absolute Gasteiger partial charge is 0.497 e. The molecule has 0 atom stereocenters. The zero-order valence-corrected chi connectivity index (χ0v) is 12.7. The van der Waals surface area contributed by atoms with E-state index < -0.39 is 0 Å². The first-order chi connectivity index (χ1) is 11.2. The van der Waals surface area contributed by atoms with Gasteiger partial charge in [-0.15, -0.1) is 0 Å². The molecule has 6 heteroatoms. The Morgan fingerprint density at radius 1 is 1.13 bits per heavy atom. The van der Waals surface area contributed by atoms with Gasteiger partial charge in [0.25, 0.3) is 5.91 Å². The van der Waals surface area contributed by atoms with E-state index >= 15 is 0 Å². The van der Waals surface area contributed by atoms with E-state index in [1.165, 1.54) is 0 Å². The summed E-state index contributed by atoms with van der Waals surface area (Å²) >= 11 is 0. The van der Waals surface area contributed by atoms with Crippen LogP contribution in [0.15, 0.2) is 53.2 Å². The molecule has 0 unspecified atom stereocenters. The first kappa shape index (κ1) is 14.8.